The molecule has 3 atom stereocenters. The smallest absolute Gasteiger partial charge is 0.303 e. The number of rotatable bonds is 15. The van der Waals surface area contributed by atoms with Gasteiger partial charge < -0.3 is 35.1 Å². The zero-order valence-corrected chi connectivity index (χ0v) is 22.7. The fraction of sp³-hybridized carbons (Fsp3) is 0.889. The van der Waals surface area contributed by atoms with Gasteiger partial charge in [0, 0.05) is 64.2 Å². The van der Waals surface area contributed by atoms with Crippen molar-refractivity contribution in [3.8, 4) is 0 Å². The van der Waals surface area contributed by atoms with Gasteiger partial charge in [-0.15, -0.1) is 0 Å². The molecule has 0 bridgehead atoms. The van der Waals surface area contributed by atoms with Gasteiger partial charge in [-0.25, -0.2) is 0 Å². The number of carboxylic acids is 2. The van der Waals surface area contributed by atoms with Crippen LogP contribution in [0.1, 0.15) is 19.3 Å². The number of carbonyl (C=O) groups is 2. The van der Waals surface area contributed by atoms with E-state index in [0.29, 0.717) is 0 Å². The fourth-order valence-corrected chi connectivity index (χ4v) is 8.48. The Morgan fingerprint density at radius 3 is 1.14 bits per heavy atom. The molecule has 1 aliphatic rings. The molecular formula is C18H38N3O12P3. The van der Waals surface area contributed by atoms with E-state index in [-0.39, 0.29) is 70.7 Å². The number of nitrogens with zero attached hydrogens (tertiary/aromatic N) is 3. The van der Waals surface area contributed by atoms with E-state index in [2.05, 4.69) is 0 Å². The first-order valence-corrected chi connectivity index (χ1v) is 17.5. The summed E-state index contributed by atoms with van der Waals surface area (Å²) in [5, 5.41) is 35.6. The summed E-state index contributed by atoms with van der Waals surface area (Å²) in [6, 6.07) is 0. The highest BCUT2D eigenvalue weighted by atomic mass is 31.2. The summed E-state index contributed by atoms with van der Waals surface area (Å²) in [6.45, 7) is 1.19. The van der Waals surface area contributed by atoms with E-state index in [4.69, 9.17) is 20.4 Å². The Kier molecular flexibility index (Phi) is 13.9. The van der Waals surface area contributed by atoms with Crippen LogP contribution < -0.4 is 0 Å². The molecule has 0 aromatic heterocycles. The SMILES string of the molecule is O=C(O)CCP(=O)(O)CN1CCN(CP(=O)(O)CCC(=O)O)CCN(CP(=O)(O)CCC(O)O)CC1. The predicted molar refractivity (Wildman–Crippen MR) is 131 cm³/mol. The molecule has 15 nitrogen and oxygen atoms in total. The maximum atomic E-state index is 12.6. The van der Waals surface area contributed by atoms with Gasteiger partial charge in [-0.05, 0) is 0 Å². The summed E-state index contributed by atoms with van der Waals surface area (Å²) in [5.41, 5.74) is 0. The average molecular weight is 581 g/mol. The van der Waals surface area contributed by atoms with Gasteiger partial charge in [0.15, 0.2) is 6.29 Å². The van der Waals surface area contributed by atoms with Gasteiger partial charge in [0.2, 0.25) is 22.1 Å². The van der Waals surface area contributed by atoms with Crippen molar-refractivity contribution in [2.24, 2.45) is 0 Å². The number of aliphatic hydroxyl groups is 2. The lowest BCUT2D eigenvalue weighted by atomic mass is 10.5. The third-order valence-corrected chi connectivity index (χ3v) is 10.9. The molecule has 7 N–H and O–H groups in total. The summed E-state index contributed by atoms with van der Waals surface area (Å²) in [4.78, 5) is 57.2. The molecule has 3 unspecified atom stereocenters. The number of aliphatic hydroxyl groups excluding tert-OH is 1. The highest BCUT2D eigenvalue weighted by Gasteiger charge is 2.30. The van der Waals surface area contributed by atoms with Crippen LogP contribution in [0.2, 0.25) is 0 Å². The Labute approximate surface area is 209 Å². The molecule has 0 amide bonds. The fourth-order valence-electron chi connectivity index (χ4n) is 3.62. The van der Waals surface area contributed by atoms with Crippen LogP contribution in [0.25, 0.3) is 0 Å². The van der Waals surface area contributed by atoms with Crippen LogP contribution >= 0.6 is 22.1 Å². The first-order valence-electron chi connectivity index (χ1n) is 11.4. The van der Waals surface area contributed by atoms with Gasteiger partial charge in [0.25, 0.3) is 0 Å². The second-order valence-electron chi connectivity index (χ2n) is 9.04. The summed E-state index contributed by atoms with van der Waals surface area (Å²) in [7, 11) is -11.5. The van der Waals surface area contributed by atoms with Crippen molar-refractivity contribution in [2.45, 2.75) is 25.6 Å². The number of carboxylic acid groups (broad SMARTS) is 2. The van der Waals surface area contributed by atoms with E-state index in [0.717, 1.165) is 0 Å². The minimum absolute atomic E-state index is 0.192. The monoisotopic (exact) mass is 581 g/mol. The molecule has 1 aliphatic heterocycles. The molecule has 0 radical (unpaired) electrons. The largest absolute Gasteiger partial charge is 0.481 e. The summed E-state index contributed by atoms with van der Waals surface area (Å²) in [5.74, 6) is -2.42. The Morgan fingerprint density at radius 1 is 0.611 bits per heavy atom. The van der Waals surface area contributed by atoms with Crippen LogP contribution in [0.15, 0.2) is 0 Å². The summed E-state index contributed by atoms with van der Waals surface area (Å²) in [6.07, 6.45) is -5.15. The van der Waals surface area contributed by atoms with Crippen molar-refractivity contribution in [1.29, 1.82) is 0 Å². The summed E-state index contributed by atoms with van der Waals surface area (Å²) >= 11 is 0. The molecule has 0 aromatic rings. The van der Waals surface area contributed by atoms with Crippen LogP contribution in [0.4, 0.5) is 0 Å². The predicted octanol–water partition coefficient (Wildman–Crippen LogP) is -0.760. The highest BCUT2D eigenvalue weighted by molar-refractivity contribution is 7.58. The van der Waals surface area contributed by atoms with Gasteiger partial charge in [-0.3, -0.25) is 38.0 Å². The van der Waals surface area contributed by atoms with Crippen molar-refractivity contribution in [1.82, 2.24) is 14.7 Å². The van der Waals surface area contributed by atoms with E-state index in [1.807, 2.05) is 0 Å². The quantitative estimate of drug-likeness (QED) is 0.0929. The van der Waals surface area contributed by atoms with Crippen LogP contribution in [-0.4, -0.2) is 145 Å². The van der Waals surface area contributed by atoms with Gasteiger partial charge in [0.1, 0.15) is 0 Å². The molecule has 0 aromatic carbocycles. The van der Waals surface area contributed by atoms with Crippen molar-refractivity contribution >= 4 is 34.0 Å². The van der Waals surface area contributed by atoms with Crippen molar-refractivity contribution < 1.29 is 58.4 Å². The van der Waals surface area contributed by atoms with E-state index in [1.54, 1.807) is 14.7 Å². The lowest BCUT2D eigenvalue weighted by Gasteiger charge is -2.28. The lowest BCUT2D eigenvalue weighted by Crippen LogP contribution is -2.37. The van der Waals surface area contributed by atoms with Crippen LogP contribution in [-0.2, 0) is 23.3 Å². The molecule has 0 spiro atoms. The highest BCUT2D eigenvalue weighted by Crippen LogP contribution is 2.44. The topological polar surface area (TPSA) is 237 Å². The van der Waals surface area contributed by atoms with Crippen molar-refractivity contribution in [3.63, 3.8) is 0 Å². The molecule has 1 fully saturated rings. The zero-order valence-electron chi connectivity index (χ0n) is 20.0. The van der Waals surface area contributed by atoms with E-state index in [9.17, 15) is 38.0 Å². The normalized spacial score (nSPS) is 22.1. The molecule has 1 heterocycles. The number of hydrogen-bond donors (Lipinski definition) is 7. The van der Waals surface area contributed by atoms with Crippen molar-refractivity contribution in [2.75, 3.05) is 76.6 Å². The molecule has 1 saturated heterocycles. The number of aliphatic carboxylic acids is 2. The summed E-state index contributed by atoms with van der Waals surface area (Å²) < 4.78 is 37.7. The van der Waals surface area contributed by atoms with Crippen LogP contribution in [0.3, 0.4) is 0 Å². The molecule has 212 valence electrons. The second kappa shape index (κ2) is 15.0. The minimum Gasteiger partial charge on any atom is -0.481 e. The van der Waals surface area contributed by atoms with Gasteiger partial charge >= 0.3 is 11.9 Å². The third kappa shape index (κ3) is 15.5. The first kappa shape index (κ1) is 33.3. The van der Waals surface area contributed by atoms with E-state index < -0.39 is 65.5 Å². The molecule has 0 aliphatic carbocycles. The Bertz CT molecular complexity index is 822. The molecule has 18 heteroatoms. The number of hydrogen-bond acceptors (Lipinski definition) is 10. The standard InChI is InChI=1S/C18H38N3O12P3/c22-16(23)1-10-34(28,29)13-19-4-6-20(14-35(30,31)11-2-17(24)25)8-9-21(7-5-19)15-36(32,33)12-3-18(26)27/h16,22-23H,1-15H2,(H,24,25)(H,26,27)(H,28,29)(H,30,31)(H,32,33). The lowest BCUT2D eigenvalue weighted by molar-refractivity contribution is -0.137. The van der Waals surface area contributed by atoms with Gasteiger partial charge in [-0.1, -0.05) is 0 Å². The third-order valence-electron chi connectivity index (χ3n) is 5.55. The maximum absolute atomic E-state index is 12.6. The zero-order chi connectivity index (χ0) is 27.6. The molecular weight excluding hydrogens is 543 g/mol. The van der Waals surface area contributed by atoms with Crippen LogP contribution in [0, 0.1) is 0 Å². The Hall–Kier alpha value is -0.690. The average Bonchev–Trinajstić information content (AvgIpc) is 2.81. The molecule has 1 rings (SSSR count). The second-order valence-corrected chi connectivity index (χ2v) is 16.3. The van der Waals surface area contributed by atoms with Crippen LogP contribution in [0.5, 0.6) is 0 Å². The minimum atomic E-state index is -3.85. The van der Waals surface area contributed by atoms with E-state index >= 15 is 0 Å². The van der Waals surface area contributed by atoms with Crippen molar-refractivity contribution in [3.05, 3.63) is 0 Å². The molecule has 36 heavy (non-hydrogen) atoms. The van der Waals surface area contributed by atoms with Gasteiger partial charge in [0.05, 0.1) is 31.7 Å². The van der Waals surface area contributed by atoms with Gasteiger partial charge in [-0.2, -0.15) is 0 Å². The molecule has 0 saturated carbocycles. The maximum Gasteiger partial charge on any atom is 0.303 e. The first-order chi connectivity index (χ1) is 16.5. The Morgan fingerprint density at radius 2 is 0.889 bits per heavy atom. The Balaban J connectivity index is 2.99. The van der Waals surface area contributed by atoms with E-state index in [1.165, 1.54) is 0 Å².